The van der Waals surface area contributed by atoms with Crippen molar-refractivity contribution in [3.63, 3.8) is 0 Å². The van der Waals surface area contributed by atoms with Gasteiger partial charge in [-0.25, -0.2) is 0 Å². The van der Waals surface area contributed by atoms with E-state index in [1.165, 1.54) is 23.9 Å². The van der Waals surface area contributed by atoms with Crippen LogP contribution in [0.1, 0.15) is 19.4 Å². The third-order valence-electron chi connectivity index (χ3n) is 2.75. The van der Waals surface area contributed by atoms with Gasteiger partial charge in [0.25, 0.3) is 5.69 Å². The van der Waals surface area contributed by atoms with Crippen LogP contribution in [0, 0.1) is 10.1 Å². The molecule has 1 atom stereocenters. The number of benzene rings is 1. The molecule has 0 fully saturated rings. The van der Waals surface area contributed by atoms with Crippen LogP contribution in [-0.4, -0.2) is 26.8 Å². The molecule has 6 nitrogen and oxygen atoms in total. The van der Waals surface area contributed by atoms with E-state index < -0.39 is 21.7 Å². The van der Waals surface area contributed by atoms with Crippen LogP contribution in [0.15, 0.2) is 24.3 Å². The molecule has 1 aromatic carbocycles. The van der Waals surface area contributed by atoms with E-state index in [4.69, 9.17) is 10.8 Å². The molecule has 7 heteroatoms. The molecular formula is C12H16N2O4S. The molecule has 3 N–H and O–H groups in total. The van der Waals surface area contributed by atoms with Crippen LogP contribution in [0.25, 0.3) is 0 Å². The van der Waals surface area contributed by atoms with Gasteiger partial charge in [0.2, 0.25) is 0 Å². The first-order chi connectivity index (χ1) is 8.74. The standard InChI is InChI=1S/C12H16N2O4S/c1-12(2,10(13)11(15)16)19-7-8-4-3-5-9(6-8)14(17)18/h3-6,10H,7,13H2,1-2H3,(H,15,16)/t10-/m1/s1. The molecule has 1 aromatic rings. The highest BCUT2D eigenvalue weighted by molar-refractivity contribution is 7.99. The number of rotatable bonds is 6. The number of nitro groups is 1. The summed E-state index contributed by atoms with van der Waals surface area (Å²) in [6.07, 6.45) is 0. The molecule has 0 aliphatic carbocycles. The molecule has 0 radical (unpaired) electrons. The maximum absolute atomic E-state index is 10.9. The van der Waals surface area contributed by atoms with Crippen molar-refractivity contribution in [2.24, 2.45) is 5.73 Å². The van der Waals surface area contributed by atoms with Crippen LogP contribution in [0.4, 0.5) is 5.69 Å². The molecule has 0 bridgehead atoms. The van der Waals surface area contributed by atoms with Crippen LogP contribution in [0.5, 0.6) is 0 Å². The molecule has 0 spiro atoms. The van der Waals surface area contributed by atoms with Gasteiger partial charge in [-0.3, -0.25) is 14.9 Å². The minimum Gasteiger partial charge on any atom is -0.480 e. The van der Waals surface area contributed by atoms with E-state index in [0.717, 1.165) is 5.56 Å². The zero-order chi connectivity index (χ0) is 14.6. The lowest BCUT2D eigenvalue weighted by Gasteiger charge is -2.27. The molecule has 0 saturated heterocycles. The number of nitrogens with two attached hydrogens (primary N) is 1. The molecule has 0 amide bonds. The minimum absolute atomic E-state index is 0.0263. The van der Waals surface area contributed by atoms with Crippen LogP contribution < -0.4 is 5.73 Å². The molecule has 0 unspecified atom stereocenters. The Balaban J connectivity index is 2.74. The maximum atomic E-state index is 10.9. The summed E-state index contributed by atoms with van der Waals surface area (Å²) in [5, 5.41) is 19.6. The summed E-state index contributed by atoms with van der Waals surface area (Å²) < 4.78 is -0.656. The summed E-state index contributed by atoms with van der Waals surface area (Å²) in [7, 11) is 0. The van der Waals surface area contributed by atoms with Crippen LogP contribution in [0.2, 0.25) is 0 Å². The summed E-state index contributed by atoms with van der Waals surface area (Å²) in [6.45, 7) is 3.49. The van der Waals surface area contributed by atoms with Crippen molar-refractivity contribution in [2.45, 2.75) is 30.4 Å². The van der Waals surface area contributed by atoms with Gasteiger partial charge < -0.3 is 10.8 Å². The van der Waals surface area contributed by atoms with Crippen molar-refractivity contribution < 1.29 is 14.8 Å². The summed E-state index contributed by atoms with van der Waals surface area (Å²) in [4.78, 5) is 21.1. The van der Waals surface area contributed by atoms with Crippen molar-refractivity contribution >= 4 is 23.4 Å². The van der Waals surface area contributed by atoms with Crippen molar-refractivity contribution in [1.29, 1.82) is 0 Å². The normalized spacial score (nSPS) is 13.0. The van der Waals surface area contributed by atoms with Gasteiger partial charge in [-0.05, 0) is 19.4 Å². The summed E-state index contributed by atoms with van der Waals surface area (Å²) >= 11 is 1.36. The van der Waals surface area contributed by atoms with Crippen LogP contribution in [-0.2, 0) is 10.5 Å². The van der Waals surface area contributed by atoms with Gasteiger partial charge in [0, 0.05) is 22.6 Å². The number of thioether (sulfide) groups is 1. The third kappa shape index (κ3) is 4.22. The van der Waals surface area contributed by atoms with Gasteiger partial charge in [0.15, 0.2) is 0 Å². The van der Waals surface area contributed by atoms with Crippen molar-refractivity contribution in [3.8, 4) is 0 Å². The predicted molar refractivity (Wildman–Crippen MR) is 74.1 cm³/mol. The molecule has 0 aliphatic rings. The Labute approximate surface area is 115 Å². The number of aliphatic carboxylic acids is 1. The highest BCUT2D eigenvalue weighted by Gasteiger charge is 2.32. The van der Waals surface area contributed by atoms with Crippen molar-refractivity contribution in [3.05, 3.63) is 39.9 Å². The second-order valence-corrected chi connectivity index (χ2v) is 6.26. The van der Waals surface area contributed by atoms with Gasteiger partial charge in [-0.1, -0.05) is 12.1 Å². The predicted octanol–water partition coefficient (Wildman–Crippen LogP) is 2.02. The fourth-order valence-electron chi connectivity index (χ4n) is 1.42. The number of carboxylic acid groups (broad SMARTS) is 1. The van der Waals surface area contributed by atoms with Crippen molar-refractivity contribution in [1.82, 2.24) is 0 Å². The highest BCUT2D eigenvalue weighted by Crippen LogP contribution is 2.31. The largest absolute Gasteiger partial charge is 0.480 e. The Hall–Kier alpha value is -1.60. The van der Waals surface area contributed by atoms with E-state index in [-0.39, 0.29) is 5.69 Å². The van der Waals surface area contributed by atoms with Gasteiger partial charge in [-0.15, -0.1) is 11.8 Å². The zero-order valence-corrected chi connectivity index (χ0v) is 11.5. The number of non-ortho nitro benzene ring substituents is 1. The van der Waals surface area contributed by atoms with Gasteiger partial charge in [-0.2, -0.15) is 0 Å². The Morgan fingerprint density at radius 2 is 2.21 bits per heavy atom. The van der Waals surface area contributed by atoms with Crippen LogP contribution in [0.3, 0.4) is 0 Å². The molecule has 19 heavy (non-hydrogen) atoms. The van der Waals surface area contributed by atoms with E-state index in [0.29, 0.717) is 5.75 Å². The summed E-state index contributed by atoms with van der Waals surface area (Å²) in [5.74, 6) is -0.591. The SMILES string of the molecule is CC(C)(SCc1cccc([N+](=O)[O-])c1)[C@H](N)C(=O)O. The highest BCUT2D eigenvalue weighted by atomic mass is 32.2. The first kappa shape index (κ1) is 15.5. The molecule has 1 rings (SSSR count). The number of hydrogen-bond donors (Lipinski definition) is 2. The van der Waals surface area contributed by atoms with E-state index >= 15 is 0 Å². The fraction of sp³-hybridized carbons (Fsp3) is 0.417. The fourth-order valence-corrected chi connectivity index (χ4v) is 2.41. The third-order valence-corrected chi connectivity index (χ3v) is 4.22. The second kappa shape index (κ2) is 6.03. The Bertz CT molecular complexity index is 490. The first-order valence-corrected chi connectivity index (χ1v) is 6.58. The smallest absolute Gasteiger partial charge is 0.321 e. The van der Waals surface area contributed by atoms with Gasteiger partial charge in [0.05, 0.1) is 4.92 Å². The average Bonchev–Trinajstić information content (AvgIpc) is 2.35. The topological polar surface area (TPSA) is 106 Å². The molecule has 0 heterocycles. The summed E-state index contributed by atoms with van der Waals surface area (Å²) in [5.41, 5.74) is 6.40. The molecule has 0 aliphatic heterocycles. The van der Waals surface area contributed by atoms with E-state index in [1.54, 1.807) is 26.0 Å². The number of hydrogen-bond acceptors (Lipinski definition) is 5. The Morgan fingerprint density at radius 3 is 2.74 bits per heavy atom. The average molecular weight is 284 g/mol. The quantitative estimate of drug-likeness (QED) is 0.611. The second-order valence-electron chi connectivity index (χ2n) is 4.64. The molecule has 0 aromatic heterocycles. The number of carbonyl (C=O) groups is 1. The zero-order valence-electron chi connectivity index (χ0n) is 10.7. The van der Waals surface area contributed by atoms with E-state index in [9.17, 15) is 14.9 Å². The Morgan fingerprint density at radius 1 is 1.58 bits per heavy atom. The lowest BCUT2D eigenvalue weighted by Crippen LogP contribution is -2.46. The van der Waals surface area contributed by atoms with E-state index in [2.05, 4.69) is 0 Å². The molecule has 0 saturated carbocycles. The first-order valence-electron chi connectivity index (χ1n) is 5.59. The monoisotopic (exact) mass is 284 g/mol. The van der Waals surface area contributed by atoms with Crippen LogP contribution >= 0.6 is 11.8 Å². The number of nitrogens with zero attached hydrogens (tertiary/aromatic N) is 1. The minimum atomic E-state index is -1.06. The maximum Gasteiger partial charge on any atom is 0.321 e. The number of carboxylic acids is 1. The lowest BCUT2D eigenvalue weighted by molar-refractivity contribution is -0.384. The summed E-state index contributed by atoms with van der Waals surface area (Å²) in [6, 6.07) is 5.29. The Kier molecular flexibility index (Phi) is 4.90. The van der Waals surface area contributed by atoms with Gasteiger partial charge >= 0.3 is 5.97 Å². The molecular weight excluding hydrogens is 268 g/mol. The van der Waals surface area contributed by atoms with E-state index in [1.807, 2.05) is 0 Å². The lowest BCUT2D eigenvalue weighted by atomic mass is 10.1. The number of nitro benzene ring substituents is 1. The molecule has 104 valence electrons. The van der Waals surface area contributed by atoms with Crippen molar-refractivity contribution in [2.75, 3.05) is 0 Å². The van der Waals surface area contributed by atoms with Gasteiger partial charge in [0.1, 0.15) is 6.04 Å².